The molecule has 0 amide bonds. The lowest BCUT2D eigenvalue weighted by molar-refractivity contribution is 0.101. The minimum Gasteiger partial charge on any atom is -0.293 e. The third-order valence-corrected chi connectivity index (χ3v) is 4.82. The first-order valence-corrected chi connectivity index (χ1v) is 8.21. The summed E-state index contributed by atoms with van der Waals surface area (Å²) in [6.07, 6.45) is 0. The summed E-state index contributed by atoms with van der Waals surface area (Å²) in [4.78, 5) is 11.8. The molecular formula is C14H9BrF2O3S. The average Bonchev–Trinajstić information content (AvgIpc) is 2.37. The van der Waals surface area contributed by atoms with Gasteiger partial charge in [-0.05, 0) is 30.3 Å². The van der Waals surface area contributed by atoms with Crippen molar-refractivity contribution in [3.05, 3.63) is 64.1 Å². The summed E-state index contributed by atoms with van der Waals surface area (Å²) in [6, 6.07) is 8.23. The second-order valence-electron chi connectivity index (χ2n) is 4.26. The number of rotatable bonds is 4. The zero-order chi connectivity index (χ0) is 15.6. The molecule has 110 valence electrons. The largest absolute Gasteiger partial charge is 0.293 e. The van der Waals surface area contributed by atoms with Crippen LogP contribution in [0.2, 0.25) is 0 Å². The number of ketones is 1. The summed E-state index contributed by atoms with van der Waals surface area (Å²) in [5.74, 6) is -3.72. The van der Waals surface area contributed by atoms with Gasteiger partial charge in [0.25, 0.3) is 0 Å². The molecule has 0 atom stereocenters. The molecule has 0 aliphatic rings. The van der Waals surface area contributed by atoms with Gasteiger partial charge in [-0.25, -0.2) is 17.2 Å². The van der Waals surface area contributed by atoms with E-state index in [1.54, 1.807) is 6.07 Å². The lowest BCUT2D eigenvalue weighted by Crippen LogP contribution is -2.17. The lowest BCUT2D eigenvalue weighted by Gasteiger charge is -2.05. The number of hydrogen-bond acceptors (Lipinski definition) is 3. The van der Waals surface area contributed by atoms with Crippen LogP contribution >= 0.6 is 15.9 Å². The lowest BCUT2D eigenvalue weighted by atomic mass is 10.1. The summed E-state index contributed by atoms with van der Waals surface area (Å²) in [6.45, 7) is 0. The van der Waals surface area contributed by atoms with Crippen LogP contribution in [0.15, 0.2) is 51.8 Å². The van der Waals surface area contributed by atoms with E-state index in [1.165, 1.54) is 18.2 Å². The molecule has 0 aliphatic carbocycles. The monoisotopic (exact) mass is 374 g/mol. The molecule has 2 aromatic carbocycles. The van der Waals surface area contributed by atoms with E-state index < -0.39 is 38.6 Å². The van der Waals surface area contributed by atoms with E-state index in [1.807, 2.05) is 0 Å². The molecule has 2 aromatic rings. The van der Waals surface area contributed by atoms with Crippen molar-refractivity contribution >= 4 is 31.6 Å². The molecule has 7 heteroatoms. The van der Waals surface area contributed by atoms with Crippen LogP contribution in [0.5, 0.6) is 0 Å². The van der Waals surface area contributed by atoms with Gasteiger partial charge in [0.05, 0.1) is 10.5 Å². The van der Waals surface area contributed by atoms with Crippen molar-refractivity contribution in [1.29, 1.82) is 0 Å². The Bertz CT molecular complexity index is 804. The fourth-order valence-electron chi connectivity index (χ4n) is 1.71. The van der Waals surface area contributed by atoms with Crippen LogP contribution in [0.4, 0.5) is 8.78 Å². The van der Waals surface area contributed by atoms with E-state index in [-0.39, 0.29) is 4.90 Å². The van der Waals surface area contributed by atoms with Gasteiger partial charge in [0, 0.05) is 10.5 Å². The van der Waals surface area contributed by atoms with Crippen molar-refractivity contribution in [2.45, 2.75) is 4.90 Å². The number of carbonyl (C=O) groups is 1. The first-order valence-electron chi connectivity index (χ1n) is 5.76. The first kappa shape index (κ1) is 15.8. The molecule has 0 unspecified atom stereocenters. The molecule has 0 heterocycles. The second kappa shape index (κ2) is 6.03. The zero-order valence-electron chi connectivity index (χ0n) is 10.5. The fourth-order valence-corrected chi connectivity index (χ4v) is 3.52. The van der Waals surface area contributed by atoms with Crippen molar-refractivity contribution in [2.24, 2.45) is 0 Å². The van der Waals surface area contributed by atoms with E-state index in [0.717, 1.165) is 12.1 Å². The summed E-state index contributed by atoms with van der Waals surface area (Å²) in [7, 11) is -3.90. The maximum absolute atomic E-state index is 13.5. The Morgan fingerprint density at radius 2 is 1.81 bits per heavy atom. The molecule has 0 bridgehead atoms. The molecule has 0 spiro atoms. The van der Waals surface area contributed by atoms with Gasteiger partial charge in [-0.2, -0.15) is 0 Å². The molecule has 0 saturated carbocycles. The highest BCUT2D eigenvalue weighted by molar-refractivity contribution is 9.10. The molecule has 0 aromatic heterocycles. The molecule has 0 saturated heterocycles. The third-order valence-electron chi connectivity index (χ3n) is 2.71. The second-order valence-corrected chi connectivity index (χ2v) is 7.17. The summed E-state index contributed by atoms with van der Waals surface area (Å²) < 4.78 is 51.0. The number of sulfone groups is 1. The van der Waals surface area contributed by atoms with Gasteiger partial charge in [-0.1, -0.05) is 22.0 Å². The molecule has 0 aliphatic heterocycles. The third kappa shape index (κ3) is 3.74. The number of halogens is 3. The van der Waals surface area contributed by atoms with Gasteiger partial charge < -0.3 is 0 Å². The number of Topliss-reactive ketones (excluding diaryl/α,β-unsaturated/α-hetero) is 1. The minimum atomic E-state index is -3.90. The molecule has 21 heavy (non-hydrogen) atoms. The highest BCUT2D eigenvalue weighted by atomic mass is 79.9. The Kier molecular flexibility index (Phi) is 4.53. The van der Waals surface area contributed by atoms with E-state index in [9.17, 15) is 22.0 Å². The van der Waals surface area contributed by atoms with Gasteiger partial charge in [-0.15, -0.1) is 0 Å². The molecule has 2 rings (SSSR count). The van der Waals surface area contributed by atoms with Gasteiger partial charge in [-0.3, -0.25) is 4.79 Å². The van der Waals surface area contributed by atoms with Gasteiger partial charge in [0.15, 0.2) is 15.6 Å². The highest BCUT2D eigenvalue weighted by Gasteiger charge is 2.22. The Balaban J connectivity index is 2.30. The van der Waals surface area contributed by atoms with Gasteiger partial charge in [0.2, 0.25) is 0 Å². The van der Waals surface area contributed by atoms with Gasteiger partial charge >= 0.3 is 0 Å². The normalized spacial score (nSPS) is 11.4. The Morgan fingerprint density at radius 3 is 2.43 bits per heavy atom. The van der Waals surface area contributed by atoms with Crippen LogP contribution in [0.3, 0.4) is 0 Å². The maximum atomic E-state index is 13.5. The number of benzene rings is 2. The first-order chi connectivity index (χ1) is 9.79. The van der Waals surface area contributed by atoms with E-state index in [0.29, 0.717) is 10.5 Å². The predicted molar refractivity (Wildman–Crippen MR) is 76.9 cm³/mol. The molecule has 0 N–H and O–H groups in total. The van der Waals surface area contributed by atoms with Crippen LogP contribution < -0.4 is 0 Å². The summed E-state index contributed by atoms with van der Waals surface area (Å²) >= 11 is 3.13. The number of hydrogen-bond donors (Lipinski definition) is 0. The Labute approximate surface area is 128 Å². The molecule has 3 nitrogen and oxygen atoms in total. The van der Waals surface area contributed by atoms with E-state index in [4.69, 9.17) is 0 Å². The van der Waals surface area contributed by atoms with Crippen LogP contribution in [-0.2, 0) is 9.84 Å². The van der Waals surface area contributed by atoms with Crippen molar-refractivity contribution in [3.8, 4) is 0 Å². The molecule has 0 fully saturated rings. The van der Waals surface area contributed by atoms with Crippen molar-refractivity contribution < 1.29 is 22.0 Å². The van der Waals surface area contributed by atoms with Crippen LogP contribution in [0.1, 0.15) is 10.4 Å². The standard InChI is InChI=1S/C14H9BrF2O3S/c15-9-2-1-3-11(6-9)21(19,20)8-14(18)12-5-4-10(16)7-13(12)17/h1-7H,8H2. The highest BCUT2D eigenvalue weighted by Crippen LogP contribution is 2.19. The quantitative estimate of drug-likeness (QED) is 0.770. The van der Waals surface area contributed by atoms with Crippen LogP contribution in [0.25, 0.3) is 0 Å². The Morgan fingerprint density at radius 1 is 1.10 bits per heavy atom. The Hall–Kier alpha value is -1.60. The molecule has 0 radical (unpaired) electrons. The van der Waals surface area contributed by atoms with E-state index in [2.05, 4.69) is 15.9 Å². The van der Waals surface area contributed by atoms with Crippen molar-refractivity contribution in [1.82, 2.24) is 0 Å². The predicted octanol–water partition coefficient (Wildman–Crippen LogP) is 3.38. The number of carbonyl (C=O) groups excluding carboxylic acids is 1. The molecular weight excluding hydrogens is 366 g/mol. The zero-order valence-corrected chi connectivity index (χ0v) is 12.9. The van der Waals surface area contributed by atoms with Crippen LogP contribution in [-0.4, -0.2) is 20.0 Å². The fraction of sp³-hybridized carbons (Fsp3) is 0.0714. The van der Waals surface area contributed by atoms with Gasteiger partial charge in [0.1, 0.15) is 17.4 Å². The smallest absolute Gasteiger partial charge is 0.185 e. The van der Waals surface area contributed by atoms with E-state index >= 15 is 0 Å². The topological polar surface area (TPSA) is 51.2 Å². The van der Waals surface area contributed by atoms with Crippen LogP contribution in [0, 0.1) is 11.6 Å². The van der Waals surface area contributed by atoms with Crippen molar-refractivity contribution in [2.75, 3.05) is 5.75 Å². The van der Waals surface area contributed by atoms with Crippen molar-refractivity contribution in [3.63, 3.8) is 0 Å². The summed E-state index contributed by atoms with van der Waals surface area (Å²) in [5, 5.41) is 0. The maximum Gasteiger partial charge on any atom is 0.185 e. The SMILES string of the molecule is O=C(CS(=O)(=O)c1cccc(Br)c1)c1ccc(F)cc1F. The summed E-state index contributed by atoms with van der Waals surface area (Å²) in [5.41, 5.74) is -0.449. The minimum absolute atomic E-state index is 0.0484. The average molecular weight is 375 g/mol.